The lowest BCUT2D eigenvalue weighted by Gasteiger charge is -2.17. The summed E-state index contributed by atoms with van der Waals surface area (Å²) in [6, 6.07) is 13.2. The first-order chi connectivity index (χ1) is 15.5. The number of nitrogens with zero attached hydrogens (tertiary/aromatic N) is 5. The molecule has 3 aromatic heterocycles. The lowest BCUT2D eigenvalue weighted by Crippen LogP contribution is -2.34. The number of para-hydroxylation sites is 1. The molecule has 0 saturated heterocycles. The van der Waals surface area contributed by atoms with Gasteiger partial charge in [-0.25, -0.2) is 19.4 Å². The van der Waals surface area contributed by atoms with Crippen LogP contribution in [0.25, 0.3) is 16.0 Å². The van der Waals surface area contributed by atoms with Gasteiger partial charge in [-0.15, -0.1) is 0 Å². The molecule has 0 atom stereocenters. The fraction of sp³-hybridized carbons (Fsp3) is 0.261. The van der Waals surface area contributed by atoms with Crippen molar-refractivity contribution in [2.45, 2.75) is 26.7 Å². The number of carbonyl (C=O) groups excluding carboxylic acids is 2. The van der Waals surface area contributed by atoms with Crippen molar-refractivity contribution in [1.82, 2.24) is 19.7 Å². The number of benzene rings is 1. The molecule has 0 saturated carbocycles. The second kappa shape index (κ2) is 9.27. The monoisotopic (exact) mass is 449 g/mol. The van der Waals surface area contributed by atoms with E-state index < -0.39 is 5.97 Å². The van der Waals surface area contributed by atoms with Gasteiger partial charge in [0.05, 0.1) is 22.1 Å². The number of likely N-dealkylation sites (N-methyl/N-ethyl adjacent to an activating group) is 1. The number of amides is 1. The van der Waals surface area contributed by atoms with Crippen LogP contribution in [-0.2, 0) is 9.53 Å². The molecule has 0 aliphatic carbocycles. The average Bonchev–Trinajstić information content (AvgIpc) is 3.43. The van der Waals surface area contributed by atoms with Crippen molar-refractivity contribution in [1.29, 1.82) is 0 Å². The van der Waals surface area contributed by atoms with Crippen molar-refractivity contribution < 1.29 is 14.3 Å². The second-order valence-corrected chi connectivity index (χ2v) is 8.39. The first kappa shape index (κ1) is 21.6. The van der Waals surface area contributed by atoms with Crippen LogP contribution in [0.15, 0.2) is 54.9 Å². The predicted octanol–water partition coefficient (Wildman–Crippen LogP) is 4.21. The van der Waals surface area contributed by atoms with Crippen molar-refractivity contribution in [3.05, 3.63) is 66.1 Å². The van der Waals surface area contributed by atoms with Gasteiger partial charge in [-0.1, -0.05) is 43.4 Å². The summed E-state index contributed by atoms with van der Waals surface area (Å²) in [6.07, 6.45) is 3.13. The number of ether oxygens (including phenoxy) is 1. The van der Waals surface area contributed by atoms with Crippen LogP contribution in [0.1, 0.15) is 42.7 Å². The quantitative estimate of drug-likeness (QED) is 0.393. The largest absolute Gasteiger partial charge is 0.452 e. The van der Waals surface area contributed by atoms with Gasteiger partial charge in [0.15, 0.2) is 17.6 Å². The van der Waals surface area contributed by atoms with Gasteiger partial charge in [0, 0.05) is 12.7 Å². The number of thiazole rings is 1. The van der Waals surface area contributed by atoms with Gasteiger partial charge in [0.1, 0.15) is 5.56 Å². The Bertz CT molecular complexity index is 1220. The summed E-state index contributed by atoms with van der Waals surface area (Å²) in [5, 5.41) is 4.91. The van der Waals surface area contributed by atoms with Crippen LogP contribution in [0.3, 0.4) is 0 Å². The Balaban J connectivity index is 1.50. The molecule has 0 spiro atoms. The van der Waals surface area contributed by atoms with Crippen molar-refractivity contribution >= 4 is 38.6 Å². The van der Waals surface area contributed by atoms with Crippen LogP contribution in [-0.4, -0.2) is 44.8 Å². The number of anilines is 1. The third-order valence-electron chi connectivity index (χ3n) is 4.90. The maximum atomic E-state index is 12.8. The number of carbonyl (C=O) groups is 2. The van der Waals surface area contributed by atoms with Gasteiger partial charge >= 0.3 is 5.97 Å². The molecule has 0 unspecified atom stereocenters. The third-order valence-corrected chi connectivity index (χ3v) is 5.96. The molecule has 3 heterocycles. The van der Waals surface area contributed by atoms with Gasteiger partial charge in [0.25, 0.3) is 5.91 Å². The number of hydrogen-bond donors (Lipinski definition) is 0. The molecule has 9 heteroatoms. The molecule has 8 nitrogen and oxygen atoms in total. The normalized spacial score (nSPS) is 11.1. The zero-order chi connectivity index (χ0) is 22.7. The smallest absolute Gasteiger partial charge is 0.342 e. The molecule has 0 aliphatic heterocycles. The van der Waals surface area contributed by atoms with Gasteiger partial charge in [0.2, 0.25) is 0 Å². The van der Waals surface area contributed by atoms with Crippen LogP contribution in [0.4, 0.5) is 5.13 Å². The number of fused-ring (bicyclic) bond motifs is 1. The fourth-order valence-electron chi connectivity index (χ4n) is 3.41. The number of rotatable bonds is 7. The lowest BCUT2D eigenvalue weighted by atomic mass is 10.1. The van der Waals surface area contributed by atoms with E-state index in [9.17, 15) is 9.59 Å². The SMILES string of the molecule is CCN(C(=O)COC(=O)c1cnn(-c2ccccn2)c1C(C)C)c1nc2ccccc2s1. The Morgan fingerprint density at radius 2 is 1.94 bits per heavy atom. The molecule has 1 amide bonds. The standard InChI is InChI=1S/C23H23N5O3S/c1-4-27(23-26-17-9-5-6-10-18(17)32-23)20(29)14-31-22(30)16-13-25-28(21(16)15(2)3)19-11-7-8-12-24-19/h5-13,15H,4,14H2,1-3H3. The molecule has 0 fully saturated rings. The Hall–Kier alpha value is -3.59. The maximum Gasteiger partial charge on any atom is 0.342 e. The number of aromatic nitrogens is 4. The first-order valence-corrected chi connectivity index (χ1v) is 11.1. The second-order valence-electron chi connectivity index (χ2n) is 7.38. The highest BCUT2D eigenvalue weighted by atomic mass is 32.1. The average molecular weight is 450 g/mol. The van der Waals surface area contributed by atoms with Gasteiger partial charge in [-0.05, 0) is 37.1 Å². The van der Waals surface area contributed by atoms with Crippen LogP contribution in [0, 0.1) is 0 Å². The zero-order valence-corrected chi connectivity index (χ0v) is 18.9. The van der Waals surface area contributed by atoms with E-state index >= 15 is 0 Å². The number of pyridine rings is 1. The Kier molecular flexibility index (Phi) is 6.27. The summed E-state index contributed by atoms with van der Waals surface area (Å²) in [6.45, 7) is 5.83. The van der Waals surface area contributed by atoms with Crippen molar-refractivity contribution in [2.24, 2.45) is 0 Å². The van der Waals surface area contributed by atoms with E-state index in [1.165, 1.54) is 22.4 Å². The molecule has 0 bridgehead atoms. The summed E-state index contributed by atoms with van der Waals surface area (Å²) >= 11 is 1.43. The van der Waals surface area contributed by atoms with Crippen LogP contribution >= 0.6 is 11.3 Å². The maximum absolute atomic E-state index is 12.8. The number of hydrogen-bond acceptors (Lipinski definition) is 7. The summed E-state index contributed by atoms with van der Waals surface area (Å²) in [7, 11) is 0. The third kappa shape index (κ3) is 4.24. The van der Waals surface area contributed by atoms with E-state index in [4.69, 9.17) is 4.74 Å². The summed E-state index contributed by atoms with van der Waals surface area (Å²) in [5.74, 6) is -0.320. The Morgan fingerprint density at radius 3 is 2.62 bits per heavy atom. The fourth-order valence-corrected chi connectivity index (χ4v) is 4.46. The lowest BCUT2D eigenvalue weighted by molar-refractivity contribution is -0.121. The van der Waals surface area contributed by atoms with E-state index in [2.05, 4.69) is 15.1 Å². The van der Waals surface area contributed by atoms with Crippen molar-refractivity contribution in [2.75, 3.05) is 18.1 Å². The highest BCUT2D eigenvalue weighted by Crippen LogP contribution is 2.28. The van der Waals surface area contributed by atoms with E-state index in [1.54, 1.807) is 10.9 Å². The molecular weight excluding hydrogens is 426 g/mol. The van der Waals surface area contributed by atoms with Crippen molar-refractivity contribution in [3.63, 3.8) is 0 Å². The summed E-state index contributed by atoms with van der Waals surface area (Å²) in [5.41, 5.74) is 1.83. The summed E-state index contributed by atoms with van der Waals surface area (Å²) < 4.78 is 8.00. The zero-order valence-electron chi connectivity index (χ0n) is 18.1. The molecule has 1 aromatic carbocycles. The molecule has 32 heavy (non-hydrogen) atoms. The highest BCUT2D eigenvalue weighted by molar-refractivity contribution is 7.22. The minimum Gasteiger partial charge on any atom is -0.452 e. The molecule has 4 aromatic rings. The van der Waals surface area contributed by atoms with E-state index in [1.807, 2.05) is 63.2 Å². The molecule has 0 aliphatic rings. The summed E-state index contributed by atoms with van der Waals surface area (Å²) in [4.78, 5) is 36.0. The van der Waals surface area contributed by atoms with Crippen LogP contribution in [0.5, 0.6) is 0 Å². The minimum absolute atomic E-state index is 0.00681. The van der Waals surface area contributed by atoms with E-state index in [0.29, 0.717) is 28.8 Å². The molecular formula is C23H23N5O3S. The van der Waals surface area contributed by atoms with E-state index in [0.717, 1.165) is 10.2 Å². The molecule has 0 N–H and O–H groups in total. The number of esters is 1. The Morgan fingerprint density at radius 1 is 1.16 bits per heavy atom. The van der Waals surface area contributed by atoms with Crippen LogP contribution in [0.2, 0.25) is 0 Å². The molecule has 4 rings (SSSR count). The van der Waals surface area contributed by atoms with Gasteiger partial charge < -0.3 is 4.74 Å². The van der Waals surface area contributed by atoms with Gasteiger partial charge in [-0.3, -0.25) is 9.69 Å². The van der Waals surface area contributed by atoms with Crippen LogP contribution < -0.4 is 4.90 Å². The van der Waals surface area contributed by atoms with Crippen molar-refractivity contribution in [3.8, 4) is 5.82 Å². The van der Waals surface area contributed by atoms with E-state index in [-0.39, 0.29) is 18.4 Å². The topological polar surface area (TPSA) is 90.2 Å². The minimum atomic E-state index is -0.593. The molecule has 0 radical (unpaired) electrons. The molecule has 164 valence electrons. The predicted molar refractivity (Wildman–Crippen MR) is 123 cm³/mol. The van der Waals surface area contributed by atoms with Gasteiger partial charge in [-0.2, -0.15) is 5.10 Å². The highest BCUT2D eigenvalue weighted by Gasteiger charge is 2.25. The Labute approximate surface area is 189 Å². The first-order valence-electron chi connectivity index (χ1n) is 10.3.